The van der Waals surface area contributed by atoms with E-state index in [0.717, 1.165) is 25.9 Å². The van der Waals surface area contributed by atoms with Crippen LogP contribution in [0.1, 0.15) is 52.9 Å². The van der Waals surface area contributed by atoms with Crippen LogP contribution in [0.3, 0.4) is 0 Å². The molecule has 0 radical (unpaired) electrons. The highest BCUT2D eigenvalue weighted by atomic mass is 16.2. The zero-order valence-electron chi connectivity index (χ0n) is 12.0. The van der Waals surface area contributed by atoms with Crippen LogP contribution in [0.25, 0.3) is 0 Å². The normalized spacial score (nSPS) is 42.3. The lowest BCUT2D eigenvalue weighted by Gasteiger charge is -2.39. The van der Waals surface area contributed by atoms with Gasteiger partial charge in [0.15, 0.2) is 0 Å². The molecule has 3 rings (SSSR count). The molecule has 0 aromatic heterocycles. The summed E-state index contributed by atoms with van der Waals surface area (Å²) in [5, 5.41) is 3.36. The van der Waals surface area contributed by atoms with Gasteiger partial charge in [-0.05, 0) is 49.5 Å². The molecule has 1 aliphatic carbocycles. The number of carbonyl (C=O) groups is 1. The molecule has 3 aliphatic rings. The topological polar surface area (TPSA) is 32.3 Å². The molecule has 0 aromatic rings. The second-order valence-corrected chi connectivity index (χ2v) is 7.83. The van der Waals surface area contributed by atoms with Crippen molar-refractivity contribution in [1.82, 2.24) is 10.2 Å². The number of hydrogen-bond acceptors (Lipinski definition) is 2. The summed E-state index contributed by atoms with van der Waals surface area (Å²) in [6.07, 6.45) is 5.84. The maximum Gasteiger partial charge on any atom is 0.239 e. The molecule has 3 heteroatoms. The highest BCUT2D eigenvalue weighted by molar-refractivity contribution is 5.83. The van der Waals surface area contributed by atoms with E-state index >= 15 is 0 Å². The molecule has 0 aromatic carbocycles. The van der Waals surface area contributed by atoms with Crippen LogP contribution in [0.2, 0.25) is 0 Å². The summed E-state index contributed by atoms with van der Waals surface area (Å²) < 4.78 is 0. The van der Waals surface area contributed by atoms with Crippen molar-refractivity contribution in [2.75, 3.05) is 13.1 Å². The molecule has 1 saturated carbocycles. The van der Waals surface area contributed by atoms with Gasteiger partial charge in [0.1, 0.15) is 0 Å². The van der Waals surface area contributed by atoms with E-state index < -0.39 is 0 Å². The summed E-state index contributed by atoms with van der Waals surface area (Å²) in [5.41, 5.74) is 0.760. The lowest BCUT2D eigenvalue weighted by molar-refractivity contribution is -0.134. The summed E-state index contributed by atoms with van der Waals surface area (Å²) in [4.78, 5) is 14.8. The van der Waals surface area contributed by atoms with Crippen molar-refractivity contribution in [3.63, 3.8) is 0 Å². The molecule has 2 bridgehead atoms. The van der Waals surface area contributed by atoms with E-state index in [2.05, 4.69) is 31.0 Å². The molecule has 3 fully saturated rings. The molecule has 1 amide bonds. The summed E-state index contributed by atoms with van der Waals surface area (Å²) in [6.45, 7) is 9.09. The maximum atomic E-state index is 12.6. The number of hydrogen-bond donors (Lipinski definition) is 1. The average Bonchev–Trinajstić information content (AvgIpc) is 2.82. The van der Waals surface area contributed by atoms with Crippen molar-refractivity contribution in [2.24, 2.45) is 10.8 Å². The minimum atomic E-state index is 0.107. The first kappa shape index (κ1) is 12.5. The number of rotatable bonds is 1. The Hall–Kier alpha value is -0.570. The van der Waals surface area contributed by atoms with Gasteiger partial charge in [0.2, 0.25) is 5.91 Å². The molecule has 2 unspecified atom stereocenters. The molecule has 2 heterocycles. The second kappa shape index (κ2) is 3.96. The fourth-order valence-electron chi connectivity index (χ4n) is 4.81. The molecule has 2 saturated heterocycles. The summed E-state index contributed by atoms with van der Waals surface area (Å²) in [7, 11) is 0. The maximum absolute atomic E-state index is 12.6. The van der Waals surface area contributed by atoms with Crippen molar-refractivity contribution >= 4 is 5.91 Å². The van der Waals surface area contributed by atoms with E-state index in [0.29, 0.717) is 22.8 Å². The monoisotopic (exact) mass is 250 g/mol. The Kier molecular flexibility index (Phi) is 2.74. The first-order valence-corrected chi connectivity index (χ1v) is 7.43. The molecule has 2 aliphatic heterocycles. The van der Waals surface area contributed by atoms with Gasteiger partial charge < -0.3 is 10.2 Å². The smallest absolute Gasteiger partial charge is 0.239 e. The highest BCUT2D eigenvalue weighted by Crippen LogP contribution is 2.52. The van der Waals surface area contributed by atoms with Crippen molar-refractivity contribution in [3.05, 3.63) is 0 Å². The van der Waals surface area contributed by atoms with E-state index in [-0.39, 0.29) is 6.04 Å². The molecule has 3 atom stereocenters. The van der Waals surface area contributed by atoms with Gasteiger partial charge in [0, 0.05) is 12.6 Å². The van der Waals surface area contributed by atoms with Crippen LogP contribution in [0.15, 0.2) is 0 Å². The Morgan fingerprint density at radius 3 is 2.72 bits per heavy atom. The Morgan fingerprint density at radius 1 is 1.28 bits per heavy atom. The van der Waals surface area contributed by atoms with Crippen LogP contribution < -0.4 is 5.32 Å². The number of nitrogens with zero attached hydrogens (tertiary/aromatic N) is 1. The summed E-state index contributed by atoms with van der Waals surface area (Å²) in [6, 6.07) is 0.602. The number of nitrogens with one attached hydrogen (secondary N) is 1. The highest BCUT2D eigenvalue weighted by Gasteiger charge is 2.51. The lowest BCUT2D eigenvalue weighted by Crippen LogP contribution is -2.46. The molecular weight excluding hydrogens is 224 g/mol. The van der Waals surface area contributed by atoms with Gasteiger partial charge in [-0.25, -0.2) is 0 Å². The van der Waals surface area contributed by atoms with Crippen LogP contribution in [0.4, 0.5) is 0 Å². The van der Waals surface area contributed by atoms with Crippen LogP contribution in [-0.4, -0.2) is 36.0 Å². The van der Waals surface area contributed by atoms with Gasteiger partial charge >= 0.3 is 0 Å². The summed E-state index contributed by atoms with van der Waals surface area (Å²) >= 11 is 0. The van der Waals surface area contributed by atoms with Crippen LogP contribution in [0.5, 0.6) is 0 Å². The Balaban J connectivity index is 1.77. The molecule has 18 heavy (non-hydrogen) atoms. The zero-order valence-corrected chi connectivity index (χ0v) is 12.0. The first-order valence-electron chi connectivity index (χ1n) is 7.43. The fraction of sp³-hybridized carbons (Fsp3) is 0.933. The molecule has 0 spiro atoms. The van der Waals surface area contributed by atoms with Crippen molar-refractivity contribution in [3.8, 4) is 0 Å². The van der Waals surface area contributed by atoms with Gasteiger partial charge in [-0.2, -0.15) is 0 Å². The van der Waals surface area contributed by atoms with E-state index in [1.54, 1.807) is 0 Å². The Morgan fingerprint density at radius 2 is 2.06 bits per heavy atom. The third-order valence-electron chi connectivity index (χ3n) is 5.06. The predicted octanol–water partition coefficient (Wildman–Crippen LogP) is 2.17. The minimum Gasteiger partial charge on any atom is -0.338 e. The van der Waals surface area contributed by atoms with Gasteiger partial charge in [0.25, 0.3) is 0 Å². The molecular formula is C15H26N2O. The quantitative estimate of drug-likeness (QED) is 0.773. The standard InChI is InChI=1S/C15H26N2O/c1-14(2)7-11-8-15(3,9-14)10-17(11)13(18)12-5-4-6-16-12/h11-12,16H,4-10H2,1-3H3/t11?,12-,15?/m0/s1. The SMILES string of the molecule is CC1(C)CC2CC(C)(CN2C(=O)[C@@H]2CCCN2)C1. The van der Waals surface area contributed by atoms with E-state index in [9.17, 15) is 4.79 Å². The Bertz CT molecular complexity index is 360. The molecule has 3 nitrogen and oxygen atoms in total. The number of amides is 1. The lowest BCUT2D eigenvalue weighted by atomic mass is 9.65. The van der Waals surface area contributed by atoms with E-state index in [4.69, 9.17) is 0 Å². The van der Waals surface area contributed by atoms with Gasteiger partial charge in [-0.15, -0.1) is 0 Å². The number of likely N-dealkylation sites (tertiary alicyclic amines) is 1. The van der Waals surface area contributed by atoms with E-state index in [1.165, 1.54) is 19.3 Å². The predicted molar refractivity (Wildman–Crippen MR) is 72.3 cm³/mol. The third-order valence-corrected chi connectivity index (χ3v) is 5.06. The average molecular weight is 250 g/mol. The van der Waals surface area contributed by atoms with Crippen LogP contribution in [-0.2, 0) is 4.79 Å². The van der Waals surface area contributed by atoms with Gasteiger partial charge in [-0.3, -0.25) is 4.79 Å². The number of fused-ring (bicyclic) bond motifs is 2. The second-order valence-electron chi connectivity index (χ2n) is 7.83. The van der Waals surface area contributed by atoms with Crippen molar-refractivity contribution in [1.29, 1.82) is 0 Å². The minimum absolute atomic E-state index is 0.107. The number of carbonyl (C=O) groups excluding carboxylic acids is 1. The Labute approximate surface area is 110 Å². The van der Waals surface area contributed by atoms with Crippen molar-refractivity contribution < 1.29 is 4.79 Å². The molecule has 102 valence electrons. The molecule has 1 N–H and O–H groups in total. The summed E-state index contributed by atoms with van der Waals surface area (Å²) in [5.74, 6) is 0.374. The van der Waals surface area contributed by atoms with Gasteiger partial charge in [0.05, 0.1) is 6.04 Å². The first-order chi connectivity index (χ1) is 8.39. The van der Waals surface area contributed by atoms with Crippen molar-refractivity contribution in [2.45, 2.75) is 65.0 Å². The van der Waals surface area contributed by atoms with Gasteiger partial charge in [-0.1, -0.05) is 20.8 Å². The fourth-order valence-corrected chi connectivity index (χ4v) is 4.81. The van der Waals surface area contributed by atoms with Crippen LogP contribution >= 0.6 is 0 Å². The van der Waals surface area contributed by atoms with Crippen LogP contribution in [0, 0.1) is 10.8 Å². The largest absolute Gasteiger partial charge is 0.338 e. The zero-order chi connectivity index (χ0) is 13.0. The third kappa shape index (κ3) is 2.07. The van der Waals surface area contributed by atoms with E-state index in [1.807, 2.05) is 0 Å².